The van der Waals surface area contributed by atoms with Gasteiger partial charge in [0.2, 0.25) is 0 Å². The highest BCUT2D eigenvalue weighted by Gasteiger charge is 2.22. The van der Waals surface area contributed by atoms with Gasteiger partial charge in [0.15, 0.2) is 6.10 Å². The van der Waals surface area contributed by atoms with Crippen LogP contribution < -0.4 is 5.32 Å². The molecule has 0 heterocycles. The van der Waals surface area contributed by atoms with Crippen molar-refractivity contribution in [2.45, 2.75) is 24.8 Å². The number of hydrogen-bond acceptors (Lipinski definition) is 4. The molecule has 5 nitrogen and oxygen atoms in total. The molecule has 0 saturated carbocycles. The molecule has 1 N–H and O–H groups in total. The minimum absolute atomic E-state index is 0.210. The van der Waals surface area contributed by atoms with Crippen LogP contribution in [0.5, 0.6) is 0 Å². The van der Waals surface area contributed by atoms with Crippen LogP contribution in [0, 0.1) is 0 Å². The van der Waals surface area contributed by atoms with Gasteiger partial charge in [-0.2, -0.15) is 0 Å². The molecule has 3 aromatic carbocycles. The van der Waals surface area contributed by atoms with Crippen molar-refractivity contribution in [2.24, 2.45) is 0 Å². The molecule has 3 aromatic rings. The number of rotatable bonds is 7. The van der Waals surface area contributed by atoms with Gasteiger partial charge in [0.1, 0.15) is 0 Å². The third-order valence-electron chi connectivity index (χ3n) is 4.54. The number of hydrogen-bond donors (Lipinski definition) is 1. The third-order valence-corrected chi connectivity index (χ3v) is 5.91. The molecule has 30 heavy (non-hydrogen) atoms. The topological polar surface area (TPSA) is 72.5 Å². The van der Waals surface area contributed by atoms with Crippen LogP contribution in [-0.4, -0.2) is 27.9 Å². The van der Waals surface area contributed by atoms with Gasteiger partial charge >= 0.3 is 5.97 Å². The van der Waals surface area contributed by atoms with Crippen molar-refractivity contribution >= 4 is 28.4 Å². The van der Waals surface area contributed by atoms with Crippen molar-refractivity contribution in [3.63, 3.8) is 0 Å². The number of benzene rings is 3. The zero-order valence-corrected chi connectivity index (χ0v) is 17.6. The van der Waals surface area contributed by atoms with Crippen LogP contribution in [0.3, 0.4) is 0 Å². The smallest absolute Gasteiger partial charge is 0.340 e. The van der Waals surface area contributed by atoms with Crippen molar-refractivity contribution in [1.29, 1.82) is 0 Å². The fraction of sp³-hybridized carbons (Fsp3) is 0.167. The van der Waals surface area contributed by atoms with E-state index in [4.69, 9.17) is 4.74 Å². The summed E-state index contributed by atoms with van der Waals surface area (Å²) in [6.07, 6.45) is -1.02. The zero-order chi connectivity index (χ0) is 21.5. The molecule has 0 aliphatic rings. The van der Waals surface area contributed by atoms with Gasteiger partial charge in [-0.15, -0.1) is 0 Å². The average Bonchev–Trinajstić information content (AvgIpc) is 2.79. The normalized spacial score (nSPS) is 12.6. The largest absolute Gasteiger partial charge is 0.449 e. The number of esters is 1. The van der Waals surface area contributed by atoms with Crippen molar-refractivity contribution in [2.75, 3.05) is 11.1 Å². The molecule has 0 saturated heterocycles. The van der Waals surface area contributed by atoms with Gasteiger partial charge in [0.05, 0.1) is 21.3 Å². The summed E-state index contributed by atoms with van der Waals surface area (Å²) in [6, 6.07) is 23.7. The molecule has 0 aliphatic carbocycles. The Bertz CT molecular complexity index is 1070. The summed E-state index contributed by atoms with van der Waals surface area (Å²) in [4.78, 5) is 25.7. The molecule has 0 bridgehead atoms. The van der Waals surface area contributed by atoms with Gasteiger partial charge in [0, 0.05) is 17.0 Å². The Morgan fingerprint density at radius 1 is 0.933 bits per heavy atom. The van der Waals surface area contributed by atoms with Gasteiger partial charge in [-0.1, -0.05) is 67.6 Å². The predicted molar refractivity (Wildman–Crippen MR) is 119 cm³/mol. The van der Waals surface area contributed by atoms with Crippen molar-refractivity contribution in [3.05, 3.63) is 84.4 Å². The number of anilines is 1. The minimum atomic E-state index is -1.31. The fourth-order valence-electron chi connectivity index (χ4n) is 2.96. The van der Waals surface area contributed by atoms with E-state index in [-0.39, 0.29) is 5.56 Å². The lowest BCUT2D eigenvalue weighted by atomic mass is 10.0. The first-order valence-electron chi connectivity index (χ1n) is 9.65. The minimum Gasteiger partial charge on any atom is -0.449 e. The summed E-state index contributed by atoms with van der Waals surface area (Å²) < 4.78 is 17.6. The Kier molecular flexibility index (Phi) is 7.14. The summed E-state index contributed by atoms with van der Waals surface area (Å²) >= 11 is 0. The van der Waals surface area contributed by atoms with Gasteiger partial charge in [-0.3, -0.25) is 9.00 Å². The lowest BCUT2D eigenvalue weighted by molar-refractivity contribution is -0.123. The van der Waals surface area contributed by atoms with Crippen molar-refractivity contribution in [3.8, 4) is 11.1 Å². The molecule has 0 radical (unpaired) electrons. The van der Waals surface area contributed by atoms with Gasteiger partial charge in [-0.25, -0.2) is 4.79 Å². The molecule has 0 aromatic heterocycles. The summed E-state index contributed by atoms with van der Waals surface area (Å²) in [5, 5.41) is 2.84. The van der Waals surface area contributed by atoms with E-state index in [0.717, 1.165) is 11.1 Å². The maximum atomic E-state index is 12.7. The summed E-state index contributed by atoms with van der Waals surface area (Å²) in [7, 11) is -1.31. The SMILES string of the molecule is CCS(=O)c1ccccc1C(=O)OC(C)C(=O)Nc1ccccc1-c1ccccc1. The van der Waals surface area contributed by atoms with Crippen LogP contribution in [0.2, 0.25) is 0 Å². The molecule has 0 spiro atoms. The van der Waals surface area contributed by atoms with Crippen LogP contribution in [0.1, 0.15) is 24.2 Å². The van der Waals surface area contributed by atoms with E-state index in [9.17, 15) is 13.8 Å². The third kappa shape index (κ3) is 5.02. The van der Waals surface area contributed by atoms with Crippen LogP contribution in [0.4, 0.5) is 5.69 Å². The fourth-order valence-corrected chi connectivity index (χ4v) is 3.90. The maximum absolute atomic E-state index is 12.7. The van der Waals surface area contributed by atoms with E-state index in [1.807, 2.05) is 48.5 Å². The molecule has 2 atom stereocenters. The maximum Gasteiger partial charge on any atom is 0.340 e. The lowest BCUT2D eigenvalue weighted by Gasteiger charge is -2.16. The molecule has 0 aliphatic heterocycles. The van der Waals surface area contributed by atoms with E-state index in [2.05, 4.69) is 5.32 Å². The number of para-hydroxylation sites is 1. The van der Waals surface area contributed by atoms with Crippen LogP contribution in [0.25, 0.3) is 11.1 Å². The van der Waals surface area contributed by atoms with Gasteiger partial charge < -0.3 is 10.1 Å². The second-order valence-corrected chi connectivity index (χ2v) is 8.29. The predicted octanol–water partition coefficient (Wildman–Crippen LogP) is 4.67. The molecule has 2 unspecified atom stereocenters. The van der Waals surface area contributed by atoms with E-state index in [1.165, 1.54) is 6.92 Å². The van der Waals surface area contributed by atoms with Gasteiger partial charge in [-0.05, 0) is 30.7 Å². The first kappa shape index (κ1) is 21.5. The Hall–Kier alpha value is -3.25. The lowest BCUT2D eigenvalue weighted by Crippen LogP contribution is -2.30. The monoisotopic (exact) mass is 421 g/mol. The Labute approximate surface area is 178 Å². The van der Waals surface area contributed by atoms with E-state index < -0.39 is 28.8 Å². The quantitative estimate of drug-likeness (QED) is 0.563. The van der Waals surface area contributed by atoms with Crippen molar-refractivity contribution in [1.82, 2.24) is 0 Å². The second kappa shape index (κ2) is 9.98. The number of ether oxygens (including phenoxy) is 1. The number of carbonyl (C=O) groups excluding carboxylic acids is 2. The first-order chi connectivity index (χ1) is 14.5. The second-order valence-electron chi connectivity index (χ2n) is 6.58. The van der Waals surface area contributed by atoms with E-state index in [1.54, 1.807) is 37.3 Å². The number of carbonyl (C=O) groups is 2. The van der Waals surface area contributed by atoms with Gasteiger partial charge in [0.25, 0.3) is 5.91 Å². The number of amides is 1. The summed E-state index contributed by atoms with van der Waals surface area (Å²) in [5.74, 6) is -0.733. The molecule has 0 fully saturated rings. The van der Waals surface area contributed by atoms with E-state index in [0.29, 0.717) is 16.3 Å². The highest BCUT2D eigenvalue weighted by atomic mass is 32.2. The highest BCUT2D eigenvalue weighted by Crippen LogP contribution is 2.27. The number of nitrogens with one attached hydrogen (secondary N) is 1. The Morgan fingerprint density at radius 3 is 2.30 bits per heavy atom. The highest BCUT2D eigenvalue weighted by molar-refractivity contribution is 7.85. The molecule has 6 heteroatoms. The van der Waals surface area contributed by atoms with Crippen LogP contribution in [-0.2, 0) is 20.3 Å². The average molecular weight is 422 g/mol. The Balaban J connectivity index is 1.74. The molecule has 1 amide bonds. The molecular weight excluding hydrogens is 398 g/mol. The van der Waals surface area contributed by atoms with E-state index >= 15 is 0 Å². The standard InChI is InChI=1S/C24H23NO4S/c1-3-30(28)22-16-10-8-14-20(22)24(27)29-17(2)23(26)25-21-15-9-7-13-19(21)18-11-5-4-6-12-18/h4-17H,3H2,1-2H3,(H,25,26). The van der Waals surface area contributed by atoms with Crippen LogP contribution >= 0.6 is 0 Å². The zero-order valence-electron chi connectivity index (χ0n) is 16.8. The first-order valence-corrected chi connectivity index (χ1v) is 11.0. The van der Waals surface area contributed by atoms with Crippen LogP contribution in [0.15, 0.2) is 83.8 Å². The summed E-state index contributed by atoms with van der Waals surface area (Å²) in [5.41, 5.74) is 2.67. The molecule has 3 rings (SSSR count). The molecule has 154 valence electrons. The molecular formula is C24H23NO4S. The Morgan fingerprint density at radius 2 is 1.57 bits per heavy atom. The summed E-state index contributed by atoms with van der Waals surface area (Å²) in [6.45, 7) is 3.29. The van der Waals surface area contributed by atoms with Crippen molar-refractivity contribution < 1.29 is 18.5 Å².